The van der Waals surface area contributed by atoms with E-state index >= 15 is 0 Å². The predicted molar refractivity (Wildman–Crippen MR) is 53.4 cm³/mol. The first-order chi connectivity index (χ1) is 9.22. The van der Waals surface area contributed by atoms with Crippen molar-refractivity contribution in [2.24, 2.45) is 0 Å². The van der Waals surface area contributed by atoms with E-state index in [1.165, 1.54) is 0 Å². The number of hydrogen-bond donors (Lipinski definition) is 1. The van der Waals surface area contributed by atoms with Crippen LogP contribution in [0.5, 0.6) is 5.75 Å². The lowest BCUT2D eigenvalue weighted by Crippen LogP contribution is -2.35. The van der Waals surface area contributed by atoms with Crippen LogP contribution in [0.2, 0.25) is 0 Å². The number of rotatable bonds is 5. The van der Waals surface area contributed by atoms with Crippen LogP contribution in [0.4, 0.5) is 22.0 Å². The van der Waals surface area contributed by atoms with Gasteiger partial charge in [-0.1, -0.05) is 0 Å². The molecule has 0 aliphatic carbocycles. The summed E-state index contributed by atoms with van der Waals surface area (Å²) in [4.78, 5) is 14.8. The Kier molecular flexibility index (Phi) is 4.96. The van der Waals surface area contributed by atoms with Crippen molar-refractivity contribution in [3.8, 4) is 5.75 Å². The van der Waals surface area contributed by atoms with Gasteiger partial charge in [0.05, 0.1) is 0 Å². The van der Waals surface area contributed by atoms with Crippen LogP contribution in [0.25, 0.3) is 0 Å². The molecular weight excluding hydrogens is 312 g/mol. The maximum absolute atomic E-state index is 13.2. The molecule has 1 aromatic carbocycles. The molecule has 0 radical (unpaired) electrons. The van der Waals surface area contributed by atoms with Crippen LogP contribution in [0.3, 0.4) is 0 Å². The monoisotopic (exact) mass is 317 g/mol. The Bertz CT molecular complexity index is 541. The Balaban J connectivity index is 3.27. The molecule has 1 rings (SSSR count). The third-order valence-electron chi connectivity index (χ3n) is 2.12. The number of hydrogen-bond acceptors (Lipinski definition) is 3. The molecule has 0 amide bonds. The van der Waals surface area contributed by atoms with Crippen molar-refractivity contribution in [3.05, 3.63) is 29.1 Å². The fraction of sp³-hybridized carbons (Fsp3) is 0.222. The number of aliphatic carboxylic acids is 1. The summed E-state index contributed by atoms with van der Waals surface area (Å²) in [5.41, 5.74) is 0. The molecule has 0 aliphatic heterocycles. The largest absolute Gasteiger partial charge is 0.480 e. The van der Waals surface area contributed by atoms with E-state index in [0.717, 1.165) is 6.92 Å². The average molecular weight is 317 g/mol. The molecule has 0 saturated carbocycles. The first-order valence-corrected chi connectivity index (χ1v) is 5.53. The minimum atomic E-state index is -2.40. The van der Waals surface area contributed by atoms with E-state index in [2.05, 4.69) is 4.84 Å². The number of carboxylic acid groups (broad SMARTS) is 1. The first-order valence-electron chi connectivity index (χ1n) is 4.77. The molecule has 0 bridgehead atoms. The van der Waals surface area contributed by atoms with E-state index < -0.39 is 55.5 Å². The molecule has 0 heterocycles. The first kappa shape index (κ1) is 16.3. The smallest absolute Gasteiger partial charge is 0.325 e. The second-order valence-corrected chi connectivity index (χ2v) is 3.95. The van der Waals surface area contributed by atoms with Crippen LogP contribution < -0.4 is 4.84 Å². The Morgan fingerprint density at radius 3 is 1.85 bits per heavy atom. The number of nitrogens with zero attached hydrogens (tertiary/aromatic N) is 1. The fourth-order valence-electron chi connectivity index (χ4n) is 1.02. The predicted octanol–water partition coefficient (Wildman–Crippen LogP) is 2.66. The Hall–Kier alpha value is -1.80. The van der Waals surface area contributed by atoms with Gasteiger partial charge in [-0.3, -0.25) is 9.36 Å². The fourth-order valence-corrected chi connectivity index (χ4v) is 1.37. The van der Waals surface area contributed by atoms with Crippen LogP contribution in [0, 0.1) is 29.1 Å². The normalized spacial score (nSPS) is 12.8. The van der Waals surface area contributed by atoms with E-state index in [1.54, 1.807) is 0 Å². The maximum Gasteiger partial charge on any atom is 0.325 e. The third-order valence-corrected chi connectivity index (χ3v) is 2.71. The van der Waals surface area contributed by atoms with Gasteiger partial charge < -0.3 is 9.94 Å². The summed E-state index contributed by atoms with van der Waals surface area (Å²) in [5, 5.41) is 8.59. The number of halogens is 5. The molecule has 0 saturated heterocycles. The van der Waals surface area contributed by atoms with Gasteiger partial charge >= 0.3 is 5.97 Å². The van der Waals surface area contributed by atoms with Gasteiger partial charge in [-0.05, 0) is 11.8 Å². The zero-order valence-electron chi connectivity index (χ0n) is 9.53. The highest BCUT2D eigenvalue weighted by atomic mass is 31.1. The zero-order chi connectivity index (χ0) is 15.6. The second-order valence-electron chi connectivity index (χ2n) is 3.39. The van der Waals surface area contributed by atoms with E-state index in [4.69, 9.17) is 5.11 Å². The average Bonchev–Trinajstić information content (AvgIpc) is 2.42. The van der Waals surface area contributed by atoms with Crippen molar-refractivity contribution in [2.75, 3.05) is 0 Å². The summed E-state index contributed by atoms with van der Waals surface area (Å²) in [7, 11) is -1.16. The quantitative estimate of drug-likeness (QED) is 0.297. The van der Waals surface area contributed by atoms with Crippen molar-refractivity contribution in [2.45, 2.75) is 13.0 Å². The maximum atomic E-state index is 13.2. The Labute approximate surface area is 109 Å². The van der Waals surface area contributed by atoms with Crippen LogP contribution in [0.1, 0.15) is 6.92 Å². The highest BCUT2D eigenvalue weighted by Crippen LogP contribution is 2.31. The highest BCUT2D eigenvalue weighted by Gasteiger charge is 2.31. The van der Waals surface area contributed by atoms with Gasteiger partial charge in [0.15, 0.2) is 6.04 Å². The number of benzene rings is 1. The van der Waals surface area contributed by atoms with Gasteiger partial charge in [-0.15, -0.1) is 0 Å². The van der Waals surface area contributed by atoms with Crippen LogP contribution >= 0.6 is 8.61 Å². The number of carbonyl (C=O) groups is 1. The van der Waals surface area contributed by atoms with Crippen molar-refractivity contribution >= 4 is 14.6 Å². The van der Waals surface area contributed by atoms with Gasteiger partial charge in [-0.2, -0.15) is 8.78 Å². The second kappa shape index (κ2) is 6.10. The summed E-state index contributed by atoms with van der Waals surface area (Å²) in [5.74, 6) is -14.9. The third kappa shape index (κ3) is 2.86. The summed E-state index contributed by atoms with van der Waals surface area (Å²) in [6.45, 7) is 0.916. The zero-order valence-corrected chi connectivity index (χ0v) is 10.4. The lowest BCUT2D eigenvalue weighted by molar-refractivity contribution is -0.147. The molecule has 0 aromatic heterocycles. The number of hydroxylamine groups is 1. The summed E-state index contributed by atoms with van der Waals surface area (Å²) >= 11 is 0. The van der Waals surface area contributed by atoms with Crippen molar-refractivity contribution in [3.63, 3.8) is 0 Å². The minimum absolute atomic E-state index is 0.0133. The lowest BCUT2D eigenvalue weighted by atomic mass is 10.3. The Morgan fingerprint density at radius 2 is 1.50 bits per heavy atom. The molecule has 0 unspecified atom stereocenters. The molecule has 1 N–H and O–H groups in total. The van der Waals surface area contributed by atoms with Crippen LogP contribution in [-0.4, -0.2) is 22.0 Å². The van der Waals surface area contributed by atoms with Crippen LogP contribution in [-0.2, 0) is 9.36 Å². The lowest BCUT2D eigenvalue weighted by Gasteiger charge is -2.19. The molecule has 20 heavy (non-hydrogen) atoms. The van der Waals surface area contributed by atoms with Gasteiger partial charge in [-0.25, -0.2) is 13.2 Å². The highest BCUT2D eigenvalue weighted by molar-refractivity contribution is 7.20. The van der Waals surface area contributed by atoms with Gasteiger partial charge in [0.2, 0.25) is 34.8 Å². The van der Waals surface area contributed by atoms with Crippen molar-refractivity contribution in [1.82, 2.24) is 4.83 Å². The Morgan fingerprint density at radius 1 is 1.10 bits per heavy atom. The van der Waals surface area contributed by atoms with Gasteiger partial charge in [0.25, 0.3) is 8.61 Å². The molecular formula is C9H5F5NO4P. The van der Waals surface area contributed by atoms with Crippen molar-refractivity contribution in [1.29, 1.82) is 0 Å². The van der Waals surface area contributed by atoms with Gasteiger partial charge in [0.1, 0.15) is 0 Å². The molecule has 0 fully saturated rings. The van der Waals surface area contributed by atoms with Gasteiger partial charge in [0, 0.05) is 0 Å². The standard InChI is InChI=1S/C9H5F5NO4P/c1-2(9(16)17)15(20-18)19-8-6(13)4(11)3(10)5(12)7(8)14/h2H,1H3,(H,16,17)/t2-/m0/s1. The molecule has 110 valence electrons. The van der Waals surface area contributed by atoms with E-state index in [9.17, 15) is 31.3 Å². The van der Waals surface area contributed by atoms with E-state index in [-0.39, 0.29) is 4.83 Å². The molecule has 1 atom stereocenters. The summed E-state index contributed by atoms with van der Waals surface area (Å²) in [6, 6.07) is -1.68. The molecule has 0 spiro atoms. The molecule has 5 nitrogen and oxygen atoms in total. The van der Waals surface area contributed by atoms with Crippen molar-refractivity contribution < 1.29 is 41.3 Å². The SMILES string of the molecule is C[C@@H](C(=O)O)N(Oc1c(F)c(F)c(F)c(F)c1F)P=O. The summed E-state index contributed by atoms with van der Waals surface area (Å²) in [6.07, 6.45) is 0. The van der Waals surface area contributed by atoms with E-state index in [0.29, 0.717) is 0 Å². The van der Waals surface area contributed by atoms with Crippen LogP contribution in [0.15, 0.2) is 0 Å². The molecule has 0 aliphatic rings. The molecule has 11 heteroatoms. The number of carboxylic acids is 1. The summed E-state index contributed by atoms with van der Waals surface area (Å²) < 4.78 is 75.6. The van der Waals surface area contributed by atoms with E-state index in [1.807, 2.05) is 0 Å². The molecule has 1 aromatic rings. The topological polar surface area (TPSA) is 66.8 Å². The minimum Gasteiger partial charge on any atom is -0.480 e.